The van der Waals surface area contributed by atoms with Crippen LogP contribution >= 0.6 is 0 Å². The van der Waals surface area contributed by atoms with E-state index in [-0.39, 0.29) is 30.3 Å². The van der Waals surface area contributed by atoms with Gasteiger partial charge in [0, 0.05) is 12.5 Å². The summed E-state index contributed by atoms with van der Waals surface area (Å²) in [6.45, 7) is 0.257. The predicted octanol–water partition coefficient (Wildman–Crippen LogP) is 4.10. The summed E-state index contributed by atoms with van der Waals surface area (Å²) in [6, 6.07) is 22.1. The number of esters is 1. The van der Waals surface area contributed by atoms with Crippen molar-refractivity contribution in [2.75, 3.05) is 20.8 Å². The fourth-order valence-corrected chi connectivity index (χ4v) is 4.21. The molecule has 1 amide bonds. The third kappa shape index (κ3) is 4.71. The molecule has 1 aliphatic rings. The first-order chi connectivity index (χ1) is 15.1. The number of rotatable bonds is 8. The maximum Gasteiger partial charge on any atom is 0.310 e. The van der Waals surface area contributed by atoms with Gasteiger partial charge in [0.25, 0.3) is 0 Å². The molecule has 1 saturated carbocycles. The molecule has 3 aromatic carbocycles. The molecule has 0 aromatic heterocycles. The lowest BCUT2D eigenvalue weighted by Crippen LogP contribution is -2.35. The van der Waals surface area contributed by atoms with Gasteiger partial charge in [0.05, 0.1) is 20.1 Å². The Hall–Kier alpha value is -3.34. The Morgan fingerprint density at radius 1 is 1.00 bits per heavy atom. The fraction of sp³-hybridized carbons (Fsp3) is 0.308. The molecular formula is C26H27NO4. The summed E-state index contributed by atoms with van der Waals surface area (Å²) >= 11 is 0. The number of ether oxygens (including phenoxy) is 2. The van der Waals surface area contributed by atoms with E-state index < -0.39 is 5.92 Å². The zero-order chi connectivity index (χ0) is 21.8. The molecule has 0 heterocycles. The number of benzene rings is 3. The quantitative estimate of drug-likeness (QED) is 0.561. The molecule has 0 aliphatic heterocycles. The zero-order valence-electron chi connectivity index (χ0n) is 17.8. The normalized spacial score (nSPS) is 18.3. The molecule has 4 rings (SSSR count). The highest BCUT2D eigenvalue weighted by molar-refractivity contribution is 5.84. The highest BCUT2D eigenvalue weighted by atomic mass is 16.5. The first-order valence-electron chi connectivity index (χ1n) is 10.6. The van der Waals surface area contributed by atoms with E-state index in [1.54, 1.807) is 7.11 Å². The molecular weight excluding hydrogens is 390 g/mol. The van der Waals surface area contributed by atoms with Crippen molar-refractivity contribution < 1.29 is 19.1 Å². The second-order valence-corrected chi connectivity index (χ2v) is 8.04. The molecule has 3 atom stereocenters. The number of hydrogen-bond acceptors (Lipinski definition) is 4. The Bertz CT molecular complexity index is 1090. The van der Waals surface area contributed by atoms with E-state index in [0.717, 1.165) is 34.1 Å². The van der Waals surface area contributed by atoms with Gasteiger partial charge in [0.1, 0.15) is 5.75 Å². The van der Waals surface area contributed by atoms with Gasteiger partial charge in [0.15, 0.2) is 0 Å². The van der Waals surface area contributed by atoms with Crippen LogP contribution in [-0.4, -0.2) is 32.6 Å². The molecule has 0 radical (unpaired) electrons. The number of amides is 1. The van der Waals surface area contributed by atoms with Crippen LogP contribution in [0.1, 0.15) is 23.5 Å². The van der Waals surface area contributed by atoms with Crippen LogP contribution in [0.15, 0.2) is 66.7 Å². The summed E-state index contributed by atoms with van der Waals surface area (Å²) in [7, 11) is 3.03. The molecule has 1 fully saturated rings. The SMILES string of the molecule is COC(=O)C(CNC(=O)C1CC1c1ccccc1OC)Cc1ccc2ccccc2c1. The van der Waals surface area contributed by atoms with Crippen molar-refractivity contribution in [1.82, 2.24) is 5.32 Å². The fourth-order valence-electron chi connectivity index (χ4n) is 4.21. The minimum atomic E-state index is -0.432. The average molecular weight is 418 g/mol. The first kappa shape index (κ1) is 20.9. The molecule has 0 bridgehead atoms. The molecule has 1 aliphatic carbocycles. The van der Waals surface area contributed by atoms with Gasteiger partial charge < -0.3 is 14.8 Å². The summed E-state index contributed by atoms with van der Waals surface area (Å²) < 4.78 is 10.4. The van der Waals surface area contributed by atoms with Crippen LogP contribution in [0.2, 0.25) is 0 Å². The lowest BCUT2D eigenvalue weighted by Gasteiger charge is -2.16. The molecule has 5 nitrogen and oxygen atoms in total. The number of methoxy groups -OCH3 is 2. The maximum atomic E-state index is 12.7. The van der Waals surface area contributed by atoms with Crippen LogP contribution in [0.4, 0.5) is 0 Å². The number of nitrogens with one attached hydrogen (secondary N) is 1. The largest absolute Gasteiger partial charge is 0.496 e. The summed E-state index contributed by atoms with van der Waals surface area (Å²) in [5.74, 6) is 0.113. The van der Waals surface area contributed by atoms with E-state index in [1.807, 2.05) is 42.5 Å². The van der Waals surface area contributed by atoms with Crippen molar-refractivity contribution in [2.45, 2.75) is 18.8 Å². The topological polar surface area (TPSA) is 64.6 Å². The van der Waals surface area contributed by atoms with E-state index in [0.29, 0.717) is 6.42 Å². The monoisotopic (exact) mass is 417 g/mol. The Morgan fingerprint density at radius 3 is 2.52 bits per heavy atom. The van der Waals surface area contributed by atoms with Crippen LogP contribution in [0, 0.1) is 11.8 Å². The highest BCUT2D eigenvalue weighted by Gasteiger charge is 2.45. The molecule has 3 unspecified atom stereocenters. The zero-order valence-corrected chi connectivity index (χ0v) is 17.8. The Morgan fingerprint density at radius 2 is 1.74 bits per heavy atom. The Labute approximate surface area is 182 Å². The van der Waals surface area contributed by atoms with Gasteiger partial charge in [-0.3, -0.25) is 9.59 Å². The van der Waals surface area contributed by atoms with Crippen molar-refractivity contribution in [1.29, 1.82) is 0 Å². The lowest BCUT2D eigenvalue weighted by atomic mass is 9.97. The lowest BCUT2D eigenvalue weighted by molar-refractivity contribution is -0.145. The van der Waals surface area contributed by atoms with E-state index in [4.69, 9.17) is 9.47 Å². The van der Waals surface area contributed by atoms with E-state index >= 15 is 0 Å². The molecule has 0 spiro atoms. The molecule has 31 heavy (non-hydrogen) atoms. The number of carbonyl (C=O) groups is 2. The highest BCUT2D eigenvalue weighted by Crippen LogP contribution is 2.50. The third-order valence-electron chi connectivity index (χ3n) is 6.02. The Balaban J connectivity index is 1.39. The van der Waals surface area contributed by atoms with Crippen LogP contribution in [0.25, 0.3) is 10.8 Å². The van der Waals surface area contributed by atoms with E-state index in [1.165, 1.54) is 7.11 Å². The Kier molecular flexibility index (Phi) is 6.21. The van der Waals surface area contributed by atoms with Crippen molar-refractivity contribution in [3.8, 4) is 5.75 Å². The molecule has 0 saturated heterocycles. The molecule has 5 heteroatoms. The molecule has 160 valence electrons. The maximum absolute atomic E-state index is 12.7. The standard InChI is InChI=1S/C26H27NO4/c1-30-24-10-6-5-9-21(24)22-15-23(22)25(28)27-16-20(26(29)31-2)14-17-11-12-18-7-3-4-8-19(18)13-17/h3-13,20,22-23H,14-16H2,1-2H3,(H,27,28). The second-order valence-electron chi connectivity index (χ2n) is 8.04. The average Bonchev–Trinajstić information content (AvgIpc) is 3.61. The third-order valence-corrected chi connectivity index (χ3v) is 6.02. The smallest absolute Gasteiger partial charge is 0.310 e. The minimum Gasteiger partial charge on any atom is -0.496 e. The van der Waals surface area contributed by atoms with Gasteiger partial charge in [-0.05, 0) is 46.7 Å². The van der Waals surface area contributed by atoms with Crippen molar-refractivity contribution in [2.24, 2.45) is 11.8 Å². The number of carbonyl (C=O) groups excluding carboxylic acids is 2. The summed E-state index contributed by atoms with van der Waals surface area (Å²) in [5, 5.41) is 5.26. The molecule has 3 aromatic rings. The summed E-state index contributed by atoms with van der Waals surface area (Å²) in [6.07, 6.45) is 1.30. The summed E-state index contributed by atoms with van der Waals surface area (Å²) in [5.41, 5.74) is 2.10. The minimum absolute atomic E-state index is 0.0247. The van der Waals surface area contributed by atoms with Gasteiger partial charge in [-0.2, -0.15) is 0 Å². The number of para-hydroxylation sites is 1. The van der Waals surface area contributed by atoms with Gasteiger partial charge in [-0.15, -0.1) is 0 Å². The van der Waals surface area contributed by atoms with Crippen molar-refractivity contribution in [3.05, 3.63) is 77.9 Å². The van der Waals surface area contributed by atoms with Crippen LogP contribution in [-0.2, 0) is 20.7 Å². The van der Waals surface area contributed by atoms with E-state index in [9.17, 15) is 9.59 Å². The van der Waals surface area contributed by atoms with E-state index in [2.05, 4.69) is 29.6 Å². The first-order valence-corrected chi connectivity index (χ1v) is 10.6. The second kappa shape index (κ2) is 9.21. The summed E-state index contributed by atoms with van der Waals surface area (Å²) in [4.78, 5) is 25.1. The number of hydrogen-bond donors (Lipinski definition) is 1. The number of fused-ring (bicyclic) bond motifs is 1. The van der Waals surface area contributed by atoms with Crippen molar-refractivity contribution >= 4 is 22.6 Å². The van der Waals surface area contributed by atoms with Crippen LogP contribution in [0.3, 0.4) is 0 Å². The van der Waals surface area contributed by atoms with Gasteiger partial charge in [0.2, 0.25) is 5.91 Å². The van der Waals surface area contributed by atoms with Gasteiger partial charge in [-0.25, -0.2) is 0 Å². The van der Waals surface area contributed by atoms with Crippen LogP contribution in [0.5, 0.6) is 5.75 Å². The van der Waals surface area contributed by atoms with Crippen molar-refractivity contribution in [3.63, 3.8) is 0 Å². The van der Waals surface area contributed by atoms with Crippen LogP contribution < -0.4 is 10.1 Å². The van der Waals surface area contributed by atoms with Gasteiger partial charge >= 0.3 is 5.97 Å². The molecule has 1 N–H and O–H groups in total. The van der Waals surface area contributed by atoms with Gasteiger partial charge in [-0.1, -0.05) is 60.7 Å². The predicted molar refractivity (Wildman–Crippen MR) is 120 cm³/mol.